The zero-order valence-electron chi connectivity index (χ0n) is 11.7. The van der Waals surface area contributed by atoms with Crippen LogP contribution in [0.5, 0.6) is 0 Å². The summed E-state index contributed by atoms with van der Waals surface area (Å²) in [7, 11) is -4.62. The Morgan fingerprint density at radius 1 is 1.24 bits per heavy atom. The quantitative estimate of drug-likeness (QED) is 0.875. The van der Waals surface area contributed by atoms with Gasteiger partial charge in [0, 0.05) is 19.1 Å². The standard InChI is InChI=1S/C14H20F2N2O2S/c15-14(16)21(19,20)13-8-4-3-7-12(13)18(10-9-17)11-5-1-2-6-11/h3-4,7-8,11,14H,1-2,5-6,9-10,17H2. The van der Waals surface area contributed by atoms with Crippen LogP contribution in [0.4, 0.5) is 14.5 Å². The molecule has 0 amide bonds. The molecule has 1 aliphatic carbocycles. The number of benzene rings is 1. The van der Waals surface area contributed by atoms with Gasteiger partial charge in [0.15, 0.2) is 0 Å². The van der Waals surface area contributed by atoms with Gasteiger partial charge >= 0.3 is 5.76 Å². The van der Waals surface area contributed by atoms with E-state index in [2.05, 4.69) is 0 Å². The largest absolute Gasteiger partial charge is 0.366 e. The Bertz CT molecular complexity index is 572. The first-order valence-corrected chi connectivity index (χ1v) is 8.61. The minimum absolute atomic E-state index is 0.169. The molecule has 1 aromatic rings. The molecule has 0 aliphatic heterocycles. The molecule has 1 saturated carbocycles. The molecular formula is C14H20F2N2O2S. The van der Waals surface area contributed by atoms with Crippen LogP contribution in [-0.2, 0) is 9.84 Å². The van der Waals surface area contributed by atoms with Crippen LogP contribution in [0.2, 0.25) is 0 Å². The lowest BCUT2D eigenvalue weighted by Gasteiger charge is -2.32. The number of para-hydroxylation sites is 1. The number of hydrogen-bond acceptors (Lipinski definition) is 4. The van der Waals surface area contributed by atoms with Crippen molar-refractivity contribution in [2.24, 2.45) is 5.73 Å². The summed E-state index contributed by atoms with van der Waals surface area (Å²) in [5.74, 6) is -3.41. The van der Waals surface area contributed by atoms with Gasteiger partial charge in [0.1, 0.15) is 0 Å². The van der Waals surface area contributed by atoms with Gasteiger partial charge in [0.25, 0.3) is 0 Å². The minimum atomic E-state index is -4.62. The van der Waals surface area contributed by atoms with Gasteiger partial charge in [-0.1, -0.05) is 25.0 Å². The van der Waals surface area contributed by atoms with Crippen molar-refractivity contribution in [3.8, 4) is 0 Å². The van der Waals surface area contributed by atoms with Crippen molar-refractivity contribution in [2.75, 3.05) is 18.0 Å². The van der Waals surface area contributed by atoms with E-state index in [-0.39, 0.29) is 10.9 Å². The molecule has 1 aromatic carbocycles. The maximum absolute atomic E-state index is 12.9. The molecule has 0 unspecified atom stereocenters. The monoisotopic (exact) mass is 318 g/mol. The van der Waals surface area contributed by atoms with E-state index >= 15 is 0 Å². The second kappa shape index (κ2) is 6.70. The first-order chi connectivity index (χ1) is 9.98. The summed E-state index contributed by atoms with van der Waals surface area (Å²) < 4.78 is 49.5. The Hall–Kier alpha value is -1.21. The van der Waals surface area contributed by atoms with Crippen molar-refractivity contribution in [1.29, 1.82) is 0 Å². The van der Waals surface area contributed by atoms with E-state index < -0.39 is 15.6 Å². The maximum atomic E-state index is 12.9. The lowest BCUT2D eigenvalue weighted by atomic mass is 10.1. The molecule has 118 valence electrons. The molecule has 2 rings (SSSR count). The van der Waals surface area contributed by atoms with Gasteiger partial charge in [-0.05, 0) is 25.0 Å². The highest BCUT2D eigenvalue weighted by atomic mass is 32.2. The van der Waals surface area contributed by atoms with E-state index in [1.807, 2.05) is 4.90 Å². The van der Waals surface area contributed by atoms with Crippen molar-refractivity contribution in [2.45, 2.75) is 42.4 Å². The summed E-state index contributed by atoms with van der Waals surface area (Å²) >= 11 is 0. The fourth-order valence-electron chi connectivity index (χ4n) is 2.89. The molecule has 0 aromatic heterocycles. The maximum Gasteiger partial charge on any atom is 0.341 e. The number of anilines is 1. The van der Waals surface area contributed by atoms with E-state index in [1.54, 1.807) is 12.1 Å². The smallest absolute Gasteiger partial charge is 0.341 e. The summed E-state index contributed by atoms with van der Waals surface area (Å²) in [6.45, 7) is 0.806. The first kappa shape index (κ1) is 16.2. The third-order valence-electron chi connectivity index (χ3n) is 3.85. The minimum Gasteiger partial charge on any atom is -0.366 e. The summed E-state index contributed by atoms with van der Waals surface area (Å²) in [4.78, 5) is 1.57. The lowest BCUT2D eigenvalue weighted by molar-refractivity contribution is 0.234. The Morgan fingerprint density at radius 3 is 2.43 bits per heavy atom. The third kappa shape index (κ3) is 3.35. The van der Waals surface area contributed by atoms with E-state index in [0.29, 0.717) is 18.8 Å². The molecule has 1 fully saturated rings. The zero-order valence-corrected chi connectivity index (χ0v) is 12.5. The number of nitrogens with two attached hydrogens (primary N) is 1. The van der Waals surface area contributed by atoms with Crippen LogP contribution in [0.25, 0.3) is 0 Å². The van der Waals surface area contributed by atoms with E-state index in [0.717, 1.165) is 25.7 Å². The summed E-state index contributed by atoms with van der Waals surface area (Å²) in [5, 5.41) is 0. The fourth-order valence-corrected chi connectivity index (χ4v) is 3.82. The van der Waals surface area contributed by atoms with Gasteiger partial charge in [-0.3, -0.25) is 0 Å². The van der Waals surface area contributed by atoms with E-state index in [1.165, 1.54) is 12.1 Å². The predicted molar refractivity (Wildman–Crippen MR) is 78.3 cm³/mol. The van der Waals surface area contributed by atoms with E-state index in [4.69, 9.17) is 5.73 Å². The van der Waals surface area contributed by atoms with Crippen LogP contribution in [0.15, 0.2) is 29.2 Å². The summed E-state index contributed by atoms with van der Waals surface area (Å²) in [6, 6.07) is 6.13. The first-order valence-electron chi connectivity index (χ1n) is 7.06. The predicted octanol–water partition coefficient (Wildman–Crippen LogP) is 2.39. The third-order valence-corrected chi connectivity index (χ3v) is 5.28. The zero-order chi connectivity index (χ0) is 15.5. The van der Waals surface area contributed by atoms with Gasteiger partial charge in [-0.2, -0.15) is 8.78 Å². The average Bonchev–Trinajstić information content (AvgIpc) is 2.98. The molecule has 0 spiro atoms. The van der Waals surface area contributed by atoms with Crippen molar-refractivity contribution in [3.05, 3.63) is 24.3 Å². The molecule has 0 radical (unpaired) electrons. The normalized spacial score (nSPS) is 16.6. The van der Waals surface area contributed by atoms with Gasteiger partial charge in [-0.15, -0.1) is 0 Å². The molecule has 0 atom stereocenters. The molecule has 4 nitrogen and oxygen atoms in total. The van der Waals surface area contributed by atoms with Gasteiger partial charge in [-0.25, -0.2) is 8.42 Å². The number of rotatable bonds is 6. The second-order valence-corrected chi connectivity index (χ2v) is 7.08. The molecule has 7 heteroatoms. The van der Waals surface area contributed by atoms with Crippen LogP contribution in [0.3, 0.4) is 0 Å². The van der Waals surface area contributed by atoms with Crippen LogP contribution in [0.1, 0.15) is 25.7 Å². The van der Waals surface area contributed by atoms with Crippen LogP contribution in [-0.4, -0.2) is 33.3 Å². The lowest BCUT2D eigenvalue weighted by Crippen LogP contribution is -2.38. The Morgan fingerprint density at radius 2 is 1.86 bits per heavy atom. The van der Waals surface area contributed by atoms with Crippen molar-refractivity contribution in [1.82, 2.24) is 0 Å². The number of hydrogen-bond donors (Lipinski definition) is 1. The molecule has 0 heterocycles. The Balaban J connectivity index is 2.46. The number of alkyl halides is 2. The van der Waals surface area contributed by atoms with Crippen LogP contribution >= 0.6 is 0 Å². The van der Waals surface area contributed by atoms with Gasteiger partial charge in [0.2, 0.25) is 9.84 Å². The van der Waals surface area contributed by atoms with Gasteiger partial charge in [0.05, 0.1) is 10.6 Å². The fraction of sp³-hybridized carbons (Fsp3) is 0.571. The average molecular weight is 318 g/mol. The van der Waals surface area contributed by atoms with Crippen molar-refractivity contribution >= 4 is 15.5 Å². The Kier molecular flexibility index (Phi) is 5.16. The molecule has 0 saturated heterocycles. The number of nitrogens with zero attached hydrogens (tertiary/aromatic N) is 1. The topological polar surface area (TPSA) is 63.4 Å². The highest BCUT2D eigenvalue weighted by Crippen LogP contribution is 2.34. The van der Waals surface area contributed by atoms with Crippen LogP contribution < -0.4 is 10.6 Å². The number of sulfone groups is 1. The summed E-state index contributed by atoms with van der Waals surface area (Å²) in [5.41, 5.74) is 5.96. The molecule has 0 bridgehead atoms. The van der Waals surface area contributed by atoms with Gasteiger partial charge < -0.3 is 10.6 Å². The van der Waals surface area contributed by atoms with Crippen molar-refractivity contribution in [3.63, 3.8) is 0 Å². The molecular weight excluding hydrogens is 298 g/mol. The molecule has 2 N–H and O–H groups in total. The summed E-state index contributed by atoms with van der Waals surface area (Å²) in [6.07, 6.45) is 4.00. The van der Waals surface area contributed by atoms with Crippen LogP contribution in [0, 0.1) is 0 Å². The molecule has 21 heavy (non-hydrogen) atoms. The highest BCUT2D eigenvalue weighted by molar-refractivity contribution is 7.91. The molecule has 1 aliphatic rings. The second-order valence-electron chi connectivity index (χ2n) is 5.19. The SMILES string of the molecule is NCCN(c1ccccc1S(=O)(=O)C(F)F)C1CCCC1. The van der Waals surface area contributed by atoms with Crippen molar-refractivity contribution < 1.29 is 17.2 Å². The van der Waals surface area contributed by atoms with E-state index in [9.17, 15) is 17.2 Å². The highest BCUT2D eigenvalue weighted by Gasteiger charge is 2.32. The number of halogens is 2. The Labute approximate surface area is 123 Å².